The summed E-state index contributed by atoms with van der Waals surface area (Å²) in [5, 5.41) is 0.652. The number of hydrogen-bond donors (Lipinski definition) is 1. The van der Waals surface area contributed by atoms with Crippen LogP contribution in [0.25, 0.3) is 11.1 Å². The van der Waals surface area contributed by atoms with Crippen molar-refractivity contribution in [2.24, 2.45) is 0 Å². The third-order valence-corrected chi connectivity index (χ3v) is 6.66. The molecule has 0 bridgehead atoms. The highest BCUT2D eigenvalue weighted by molar-refractivity contribution is 7.80. The fourth-order valence-electron chi connectivity index (χ4n) is 4.01. The summed E-state index contributed by atoms with van der Waals surface area (Å²) in [6, 6.07) is 24.2. The van der Waals surface area contributed by atoms with Crippen molar-refractivity contribution in [1.29, 1.82) is 0 Å². The predicted octanol–water partition coefficient (Wildman–Crippen LogP) is 5.44. The first-order chi connectivity index (χ1) is 15.0. The number of anilines is 1. The minimum Gasteiger partial charge on any atom is -0.464 e. The molecular formula is C24H22ClNO4S. The first-order valence-electron chi connectivity index (χ1n) is 9.96. The standard InChI is InChI=1S/C24H22ClNO4S/c1-2-30-23(27)24(16-22(24)19-6-4-3-5-7-19)26(31(28)29)21-14-10-18(11-15-21)17-8-12-20(25)13-9-17/h3-15,22H,2,16H2,1H3,(H,28,29). The van der Waals surface area contributed by atoms with Gasteiger partial charge in [-0.25, -0.2) is 9.00 Å². The summed E-state index contributed by atoms with van der Waals surface area (Å²) >= 11 is 3.55. The Balaban J connectivity index is 1.71. The number of nitrogens with zero attached hydrogens (tertiary/aromatic N) is 1. The van der Waals surface area contributed by atoms with Gasteiger partial charge >= 0.3 is 5.97 Å². The van der Waals surface area contributed by atoms with E-state index in [-0.39, 0.29) is 12.5 Å². The van der Waals surface area contributed by atoms with Crippen LogP contribution < -0.4 is 4.31 Å². The van der Waals surface area contributed by atoms with Gasteiger partial charge in [0.15, 0.2) is 5.54 Å². The van der Waals surface area contributed by atoms with E-state index >= 15 is 0 Å². The lowest BCUT2D eigenvalue weighted by Gasteiger charge is -2.29. The summed E-state index contributed by atoms with van der Waals surface area (Å²) in [6.07, 6.45) is 0.404. The number of ether oxygens (including phenoxy) is 1. The van der Waals surface area contributed by atoms with Crippen LogP contribution in [0, 0.1) is 0 Å². The van der Waals surface area contributed by atoms with Crippen molar-refractivity contribution in [3.63, 3.8) is 0 Å². The first-order valence-corrected chi connectivity index (χ1v) is 11.4. The lowest BCUT2D eigenvalue weighted by atomic mass is 10.0. The van der Waals surface area contributed by atoms with Gasteiger partial charge in [0.05, 0.1) is 12.3 Å². The van der Waals surface area contributed by atoms with Crippen LogP contribution in [-0.2, 0) is 20.8 Å². The molecule has 0 spiro atoms. The zero-order valence-electron chi connectivity index (χ0n) is 16.9. The molecule has 1 fully saturated rings. The number of benzene rings is 3. The highest BCUT2D eigenvalue weighted by Crippen LogP contribution is 2.57. The van der Waals surface area contributed by atoms with E-state index in [0.29, 0.717) is 17.1 Å². The van der Waals surface area contributed by atoms with E-state index in [1.54, 1.807) is 19.1 Å². The zero-order valence-corrected chi connectivity index (χ0v) is 18.5. The molecule has 3 aromatic rings. The molecule has 0 aliphatic heterocycles. The van der Waals surface area contributed by atoms with Crippen LogP contribution in [0.4, 0.5) is 5.69 Å². The van der Waals surface area contributed by atoms with E-state index in [1.807, 2.05) is 66.7 Å². The van der Waals surface area contributed by atoms with E-state index in [2.05, 4.69) is 0 Å². The summed E-state index contributed by atoms with van der Waals surface area (Å²) in [7, 11) is 0. The van der Waals surface area contributed by atoms with Crippen molar-refractivity contribution >= 4 is 34.5 Å². The van der Waals surface area contributed by atoms with Crippen LogP contribution in [0.2, 0.25) is 5.02 Å². The van der Waals surface area contributed by atoms with E-state index in [4.69, 9.17) is 16.3 Å². The molecule has 160 valence electrons. The lowest BCUT2D eigenvalue weighted by Crippen LogP contribution is -2.47. The SMILES string of the molecule is CCOC(=O)C1(N(c2ccc(-c3ccc(Cl)cc3)cc2)S(=O)O)CC1c1ccccc1. The topological polar surface area (TPSA) is 66.8 Å². The van der Waals surface area contributed by atoms with Crippen molar-refractivity contribution in [1.82, 2.24) is 0 Å². The second-order valence-corrected chi connectivity index (χ2v) is 8.65. The van der Waals surface area contributed by atoms with E-state index < -0.39 is 22.8 Å². The molecule has 0 saturated heterocycles. The third-order valence-electron chi connectivity index (χ3n) is 5.56. The van der Waals surface area contributed by atoms with Crippen LogP contribution in [0.1, 0.15) is 24.8 Å². The van der Waals surface area contributed by atoms with Gasteiger partial charge in [-0.3, -0.25) is 8.86 Å². The second-order valence-electron chi connectivity index (χ2n) is 7.39. The first kappa shape index (κ1) is 21.6. The van der Waals surface area contributed by atoms with Gasteiger partial charge in [0, 0.05) is 10.9 Å². The molecule has 7 heteroatoms. The summed E-state index contributed by atoms with van der Waals surface area (Å²) in [5.74, 6) is -0.729. The molecule has 0 heterocycles. The number of halogens is 1. The molecule has 1 saturated carbocycles. The number of rotatable bonds is 7. The third kappa shape index (κ3) is 4.11. The van der Waals surface area contributed by atoms with E-state index in [0.717, 1.165) is 16.7 Å². The molecule has 3 unspecified atom stereocenters. The summed E-state index contributed by atoms with van der Waals surface area (Å²) < 4.78 is 29.3. The van der Waals surface area contributed by atoms with Gasteiger partial charge < -0.3 is 4.74 Å². The van der Waals surface area contributed by atoms with Crippen LogP contribution >= 0.6 is 11.6 Å². The van der Waals surface area contributed by atoms with Crippen molar-refractivity contribution in [3.05, 3.63) is 89.4 Å². The predicted molar refractivity (Wildman–Crippen MR) is 123 cm³/mol. The van der Waals surface area contributed by atoms with E-state index in [9.17, 15) is 13.6 Å². The molecule has 1 aliphatic rings. The number of hydrogen-bond acceptors (Lipinski definition) is 3. The Morgan fingerprint density at radius 1 is 1.06 bits per heavy atom. The van der Waals surface area contributed by atoms with Crippen LogP contribution in [-0.4, -0.2) is 26.9 Å². The quantitative estimate of drug-likeness (QED) is 0.380. The summed E-state index contributed by atoms with van der Waals surface area (Å²) in [5.41, 5.74) is 2.10. The Kier molecular flexibility index (Phi) is 6.14. The van der Waals surface area contributed by atoms with Crippen molar-refractivity contribution in [2.45, 2.75) is 24.8 Å². The van der Waals surface area contributed by atoms with Gasteiger partial charge in [-0.15, -0.1) is 0 Å². The molecule has 0 amide bonds. The molecule has 0 aromatic heterocycles. The van der Waals surface area contributed by atoms with Gasteiger partial charge in [0.25, 0.3) is 11.3 Å². The Hall–Kier alpha value is -2.67. The van der Waals surface area contributed by atoms with Gasteiger partial charge in [-0.2, -0.15) is 0 Å². The minimum absolute atomic E-state index is 0.198. The fraction of sp³-hybridized carbons (Fsp3) is 0.208. The fourth-order valence-corrected chi connectivity index (χ4v) is 4.99. The minimum atomic E-state index is -2.42. The van der Waals surface area contributed by atoms with E-state index in [1.165, 1.54) is 4.31 Å². The molecule has 31 heavy (non-hydrogen) atoms. The average Bonchev–Trinajstić information content (AvgIpc) is 3.52. The summed E-state index contributed by atoms with van der Waals surface area (Å²) in [4.78, 5) is 13.0. The Morgan fingerprint density at radius 3 is 2.19 bits per heavy atom. The molecule has 1 aliphatic carbocycles. The largest absolute Gasteiger partial charge is 0.464 e. The normalized spacial score (nSPS) is 20.7. The molecule has 0 radical (unpaired) electrons. The molecule has 3 aromatic carbocycles. The van der Waals surface area contributed by atoms with Crippen molar-refractivity contribution in [2.75, 3.05) is 10.9 Å². The lowest BCUT2D eigenvalue weighted by molar-refractivity contribution is -0.145. The van der Waals surface area contributed by atoms with Gasteiger partial charge in [-0.1, -0.05) is 66.2 Å². The molecule has 4 rings (SSSR count). The Bertz CT molecular complexity index is 1090. The van der Waals surface area contributed by atoms with Crippen LogP contribution in [0.15, 0.2) is 78.9 Å². The monoisotopic (exact) mass is 455 g/mol. The molecule has 3 atom stereocenters. The molecule has 1 N–H and O–H groups in total. The highest BCUT2D eigenvalue weighted by Gasteiger charge is 2.67. The van der Waals surface area contributed by atoms with Crippen molar-refractivity contribution in [3.8, 4) is 11.1 Å². The van der Waals surface area contributed by atoms with Crippen LogP contribution in [0.5, 0.6) is 0 Å². The Labute approximate surface area is 189 Å². The second kappa shape index (κ2) is 8.83. The van der Waals surface area contributed by atoms with Gasteiger partial charge in [0.1, 0.15) is 0 Å². The number of esters is 1. The highest BCUT2D eigenvalue weighted by atomic mass is 35.5. The molecule has 5 nitrogen and oxygen atoms in total. The van der Waals surface area contributed by atoms with Crippen LogP contribution in [0.3, 0.4) is 0 Å². The Morgan fingerprint density at radius 2 is 1.65 bits per heavy atom. The maximum absolute atomic E-state index is 13.0. The maximum atomic E-state index is 13.0. The molecular weight excluding hydrogens is 434 g/mol. The average molecular weight is 456 g/mol. The maximum Gasteiger partial charge on any atom is 0.333 e. The van der Waals surface area contributed by atoms with Crippen molar-refractivity contribution < 1.29 is 18.3 Å². The smallest absolute Gasteiger partial charge is 0.333 e. The van der Waals surface area contributed by atoms with Gasteiger partial charge in [-0.05, 0) is 54.3 Å². The zero-order chi connectivity index (χ0) is 22.0. The number of carbonyl (C=O) groups is 1. The summed E-state index contributed by atoms with van der Waals surface area (Å²) in [6.45, 7) is 1.93. The number of carbonyl (C=O) groups excluding carboxylic acids is 1. The van der Waals surface area contributed by atoms with Gasteiger partial charge in [0.2, 0.25) is 0 Å².